The van der Waals surface area contributed by atoms with Gasteiger partial charge in [-0.1, -0.05) is 13.0 Å². The monoisotopic (exact) mass is 696 g/mol. The highest BCUT2D eigenvalue weighted by Crippen LogP contribution is 2.61. The minimum absolute atomic E-state index is 0.00887. The van der Waals surface area contributed by atoms with Crippen molar-refractivity contribution in [1.82, 2.24) is 20.4 Å². The highest BCUT2D eigenvalue weighted by molar-refractivity contribution is 5.79. The number of rotatable bonds is 10. The van der Waals surface area contributed by atoms with Crippen LogP contribution in [-0.4, -0.2) is 126 Å². The van der Waals surface area contributed by atoms with Gasteiger partial charge in [-0.15, -0.1) is 0 Å². The Kier molecular flexibility index (Phi) is 11.4. The summed E-state index contributed by atoms with van der Waals surface area (Å²) in [4.78, 5) is 30.4. The number of aliphatic hydroxyl groups excluding tert-OH is 2. The molecule has 0 aromatic heterocycles. The van der Waals surface area contributed by atoms with Gasteiger partial charge in [-0.05, 0) is 130 Å². The molecule has 6 aliphatic rings. The second-order valence-electron chi connectivity index (χ2n) is 16.4. The number of aliphatic hydroxyl groups is 2. The van der Waals surface area contributed by atoms with Crippen molar-refractivity contribution in [3.63, 3.8) is 0 Å². The first-order valence-corrected chi connectivity index (χ1v) is 19.6. The molecule has 50 heavy (non-hydrogen) atoms. The molecule has 8 unspecified atom stereocenters. The summed E-state index contributed by atoms with van der Waals surface area (Å²) in [6.45, 7) is 8.20. The summed E-state index contributed by atoms with van der Waals surface area (Å²) in [6, 6.07) is 6.50. The molecule has 11 heteroatoms. The third-order valence-corrected chi connectivity index (χ3v) is 13.7. The van der Waals surface area contributed by atoms with Crippen LogP contribution < -0.4 is 10.6 Å². The number of carbonyl (C=O) groups is 2. The van der Waals surface area contributed by atoms with Crippen LogP contribution >= 0.6 is 0 Å². The number of ether oxygens (including phenoxy) is 2. The van der Waals surface area contributed by atoms with Crippen LogP contribution in [0.5, 0.6) is 5.75 Å². The molecule has 8 atom stereocenters. The number of carbonyl (C=O) groups excluding carboxylic acids is 2. The number of nitrogens with zero attached hydrogens (tertiary/aromatic N) is 2. The highest BCUT2D eigenvalue weighted by Gasteiger charge is 2.55. The third kappa shape index (κ3) is 7.74. The van der Waals surface area contributed by atoms with E-state index in [-0.39, 0.29) is 35.8 Å². The molecular formula is C39H60N4O7. The zero-order valence-electron chi connectivity index (χ0n) is 29.9. The predicted molar refractivity (Wildman–Crippen MR) is 189 cm³/mol. The minimum atomic E-state index is -0.962. The maximum atomic E-state index is 12.8. The van der Waals surface area contributed by atoms with Crippen LogP contribution in [0.2, 0.25) is 0 Å². The number of aryl methyl sites for hydroxylation is 1. The van der Waals surface area contributed by atoms with E-state index < -0.39 is 18.3 Å². The number of hydrogen-bond acceptors (Lipinski definition) is 9. The Labute approximate surface area is 297 Å². The number of phenolic OH excluding ortho intramolecular Hbond substituents is 1. The van der Waals surface area contributed by atoms with Crippen LogP contribution in [0.1, 0.15) is 88.2 Å². The van der Waals surface area contributed by atoms with Gasteiger partial charge in [-0.25, -0.2) is 0 Å². The number of benzene rings is 1. The van der Waals surface area contributed by atoms with E-state index >= 15 is 0 Å². The summed E-state index contributed by atoms with van der Waals surface area (Å²) >= 11 is 0. The lowest BCUT2D eigenvalue weighted by Crippen LogP contribution is -2.52. The van der Waals surface area contributed by atoms with E-state index in [9.17, 15) is 24.9 Å². The lowest BCUT2D eigenvalue weighted by Gasteiger charge is -2.50. The van der Waals surface area contributed by atoms with Crippen molar-refractivity contribution in [3.8, 4) is 5.75 Å². The van der Waals surface area contributed by atoms with Crippen molar-refractivity contribution in [2.75, 3.05) is 59.0 Å². The van der Waals surface area contributed by atoms with E-state index in [1.165, 1.54) is 36.8 Å². The first kappa shape index (κ1) is 36.1. The van der Waals surface area contributed by atoms with Crippen molar-refractivity contribution in [2.24, 2.45) is 23.2 Å². The number of likely N-dealkylation sites (tertiary alicyclic amines) is 2. The molecule has 1 aromatic carbocycles. The van der Waals surface area contributed by atoms with Gasteiger partial charge < -0.3 is 40.3 Å². The Balaban J connectivity index is 0.766. The molecule has 11 nitrogen and oxygen atoms in total. The van der Waals surface area contributed by atoms with Crippen molar-refractivity contribution < 1.29 is 34.4 Å². The zero-order chi connectivity index (χ0) is 34.8. The second-order valence-corrected chi connectivity index (χ2v) is 16.4. The molecule has 3 saturated heterocycles. The lowest BCUT2D eigenvalue weighted by molar-refractivity contribution is -0.140. The number of hydrogen-bond donors (Lipinski definition) is 5. The summed E-state index contributed by atoms with van der Waals surface area (Å²) in [5.41, 5.74) is 3.00. The molecule has 0 spiro atoms. The smallest absolute Gasteiger partial charge is 0.234 e. The topological polar surface area (TPSA) is 144 Å². The molecule has 7 rings (SSSR count). The average Bonchev–Trinajstić information content (AvgIpc) is 3.46. The molecule has 2 amide bonds. The van der Waals surface area contributed by atoms with Gasteiger partial charge in [0.05, 0.1) is 25.4 Å². The summed E-state index contributed by atoms with van der Waals surface area (Å²) in [5.74, 6) is 2.40. The van der Waals surface area contributed by atoms with E-state index in [0.717, 1.165) is 64.7 Å². The number of fused-ring (bicyclic) bond motifs is 5. The van der Waals surface area contributed by atoms with Crippen LogP contribution in [0, 0.1) is 23.2 Å². The largest absolute Gasteiger partial charge is 0.508 e. The number of nitrogens with one attached hydrogen (secondary N) is 2. The van der Waals surface area contributed by atoms with Crippen LogP contribution in [0.3, 0.4) is 0 Å². The maximum absolute atomic E-state index is 12.8. The Morgan fingerprint density at radius 3 is 2.58 bits per heavy atom. The molecule has 1 aromatic rings. The van der Waals surface area contributed by atoms with Crippen LogP contribution in [0.4, 0.5) is 0 Å². The summed E-state index contributed by atoms with van der Waals surface area (Å²) in [5, 5.41) is 36.0. The van der Waals surface area contributed by atoms with E-state index in [0.29, 0.717) is 62.3 Å². The number of phenols is 1. The van der Waals surface area contributed by atoms with Gasteiger partial charge >= 0.3 is 0 Å². The second kappa shape index (κ2) is 15.8. The lowest BCUT2D eigenvalue weighted by atomic mass is 9.55. The van der Waals surface area contributed by atoms with Crippen molar-refractivity contribution in [2.45, 2.75) is 114 Å². The molecule has 3 aliphatic heterocycles. The quantitative estimate of drug-likeness (QED) is 0.233. The molecule has 0 radical (unpaired) electrons. The molecular weight excluding hydrogens is 636 g/mol. The molecule has 3 heterocycles. The summed E-state index contributed by atoms with van der Waals surface area (Å²) in [7, 11) is 0. The van der Waals surface area contributed by atoms with E-state index in [2.05, 4.69) is 33.4 Å². The van der Waals surface area contributed by atoms with Gasteiger partial charge in [0.2, 0.25) is 11.8 Å². The van der Waals surface area contributed by atoms with E-state index in [4.69, 9.17) is 9.47 Å². The molecule has 5 fully saturated rings. The van der Waals surface area contributed by atoms with Gasteiger partial charge in [-0.2, -0.15) is 0 Å². The van der Waals surface area contributed by atoms with Gasteiger partial charge in [-0.3, -0.25) is 14.5 Å². The summed E-state index contributed by atoms with van der Waals surface area (Å²) in [6.07, 6.45) is 9.00. The Morgan fingerprint density at radius 2 is 1.78 bits per heavy atom. The highest BCUT2D eigenvalue weighted by atomic mass is 16.5. The van der Waals surface area contributed by atoms with Crippen LogP contribution in [0.25, 0.3) is 0 Å². The Morgan fingerprint density at radius 1 is 0.980 bits per heavy atom. The van der Waals surface area contributed by atoms with Crippen LogP contribution in [-0.2, 0) is 25.5 Å². The first-order valence-electron chi connectivity index (χ1n) is 19.6. The molecule has 0 bridgehead atoms. The van der Waals surface area contributed by atoms with E-state index in [1.807, 2.05) is 12.1 Å². The zero-order valence-corrected chi connectivity index (χ0v) is 29.9. The van der Waals surface area contributed by atoms with Gasteiger partial charge in [0.1, 0.15) is 18.0 Å². The molecule has 278 valence electrons. The molecule has 2 saturated carbocycles. The number of piperidine rings is 2. The number of amides is 2. The molecule has 5 N–H and O–H groups in total. The SMILES string of the molecule is CC12CCC3c4ccc(O)cc4CCC3C1CCC2OCCNC(=O)CN1CCC(N2CCC(C(=O)NCC3OCCC(O)C3O)CC2)CC1. The van der Waals surface area contributed by atoms with Crippen molar-refractivity contribution in [1.29, 1.82) is 0 Å². The standard InChI is InChI=1S/C39H60N4O7/c1-39-14-8-30-29-5-3-28(44)22-26(29)2-4-31(30)32(39)6-7-35(39)50-21-15-40-36(46)24-42-16-11-27(12-17-42)43-18-9-25(10-19-43)38(48)41-23-34-37(47)33(45)13-20-49-34/h3,5,22,25,27,30-35,37,44-45,47H,2,4,6-21,23-24H2,1H3,(H,40,46)(H,41,48). The van der Waals surface area contributed by atoms with Crippen molar-refractivity contribution in [3.05, 3.63) is 29.3 Å². The van der Waals surface area contributed by atoms with Gasteiger partial charge in [0.15, 0.2) is 0 Å². The predicted octanol–water partition coefficient (Wildman–Crippen LogP) is 2.55. The number of aromatic hydroxyl groups is 1. The van der Waals surface area contributed by atoms with E-state index in [1.54, 1.807) is 0 Å². The van der Waals surface area contributed by atoms with Gasteiger partial charge in [0, 0.05) is 44.7 Å². The Bertz CT molecular complexity index is 1330. The average molecular weight is 697 g/mol. The minimum Gasteiger partial charge on any atom is -0.508 e. The first-order chi connectivity index (χ1) is 24.2. The fourth-order valence-electron chi connectivity index (χ4n) is 10.8. The normalized spacial score (nSPS) is 35.5. The fraction of sp³-hybridized carbons (Fsp3) is 0.795. The molecule has 3 aliphatic carbocycles. The fourth-order valence-corrected chi connectivity index (χ4v) is 10.8. The maximum Gasteiger partial charge on any atom is 0.234 e. The van der Waals surface area contributed by atoms with Gasteiger partial charge in [0.25, 0.3) is 0 Å². The van der Waals surface area contributed by atoms with Crippen molar-refractivity contribution >= 4 is 11.8 Å². The Hall–Kier alpha value is -2.28. The third-order valence-electron chi connectivity index (χ3n) is 13.7. The summed E-state index contributed by atoms with van der Waals surface area (Å²) < 4.78 is 12.1. The van der Waals surface area contributed by atoms with Crippen LogP contribution in [0.15, 0.2) is 18.2 Å².